The minimum atomic E-state index is -1.77. The van der Waals surface area contributed by atoms with Gasteiger partial charge in [0.05, 0.1) is 6.61 Å². The molecule has 0 saturated carbocycles. The van der Waals surface area contributed by atoms with Crippen molar-refractivity contribution >= 4 is 29.8 Å². The Balaban J connectivity index is 2.15. The Kier molecular flexibility index (Phi) is 7.45. The van der Waals surface area contributed by atoms with Gasteiger partial charge in [-0.3, -0.25) is 0 Å². The zero-order chi connectivity index (χ0) is 19.2. The molecule has 1 nitrogen and oxygen atoms in total. The first kappa shape index (κ1) is 21.1. The van der Waals surface area contributed by atoms with E-state index in [1.807, 2.05) is 0 Å². The van der Waals surface area contributed by atoms with Crippen LogP contribution in [0.2, 0.25) is 18.1 Å². The summed E-state index contributed by atoms with van der Waals surface area (Å²) in [4.78, 5) is 0. The predicted octanol–water partition coefficient (Wildman–Crippen LogP) is 7.49. The fraction of sp³-hybridized carbons (Fsp3) is 0.391. The highest BCUT2D eigenvalue weighted by Crippen LogP contribution is 2.37. The number of allylic oxidation sites excluding steroid dienone is 1. The molecule has 0 N–H and O–H groups in total. The third-order valence-corrected chi connectivity index (χ3v) is 10.2. The summed E-state index contributed by atoms with van der Waals surface area (Å²) in [5, 5.41) is 0.222. The Morgan fingerprint density at radius 3 is 2.35 bits per heavy atom. The van der Waals surface area contributed by atoms with E-state index in [0.717, 1.165) is 17.3 Å². The third kappa shape index (κ3) is 6.22. The van der Waals surface area contributed by atoms with Crippen LogP contribution >= 0.6 is 15.9 Å². The maximum atomic E-state index is 6.51. The van der Waals surface area contributed by atoms with Crippen molar-refractivity contribution < 1.29 is 4.43 Å². The van der Waals surface area contributed by atoms with Crippen molar-refractivity contribution in [1.82, 2.24) is 0 Å². The summed E-state index contributed by atoms with van der Waals surface area (Å²) in [6.07, 6.45) is 4.42. The van der Waals surface area contributed by atoms with Crippen molar-refractivity contribution in [3.63, 3.8) is 0 Å². The molecule has 0 spiro atoms. The summed E-state index contributed by atoms with van der Waals surface area (Å²) in [6, 6.07) is 19.2. The molecule has 3 heteroatoms. The van der Waals surface area contributed by atoms with Gasteiger partial charge in [-0.15, -0.1) is 0 Å². The van der Waals surface area contributed by atoms with Gasteiger partial charge in [-0.2, -0.15) is 0 Å². The fourth-order valence-electron chi connectivity index (χ4n) is 2.48. The molecule has 0 amide bonds. The van der Waals surface area contributed by atoms with E-state index in [4.69, 9.17) is 4.43 Å². The Labute approximate surface area is 168 Å². The third-order valence-electron chi connectivity index (χ3n) is 5.26. The molecule has 0 aromatic heterocycles. The van der Waals surface area contributed by atoms with Gasteiger partial charge in [0.1, 0.15) is 0 Å². The highest BCUT2D eigenvalue weighted by Gasteiger charge is 2.37. The van der Waals surface area contributed by atoms with Gasteiger partial charge in [-0.05, 0) is 59.8 Å². The molecule has 2 rings (SSSR count). The molecule has 140 valence electrons. The first-order valence-corrected chi connectivity index (χ1v) is 13.0. The molecule has 0 aliphatic rings. The average molecular weight is 431 g/mol. The van der Waals surface area contributed by atoms with Crippen molar-refractivity contribution in [3.8, 4) is 0 Å². The summed E-state index contributed by atoms with van der Waals surface area (Å²) in [5.41, 5.74) is 3.90. The minimum Gasteiger partial charge on any atom is -0.413 e. The lowest BCUT2D eigenvalue weighted by Gasteiger charge is -2.36. The first-order chi connectivity index (χ1) is 12.2. The zero-order valence-electron chi connectivity index (χ0n) is 16.7. The first-order valence-electron chi connectivity index (χ1n) is 9.32. The van der Waals surface area contributed by atoms with E-state index in [1.54, 1.807) is 0 Å². The molecule has 0 aliphatic carbocycles. The largest absolute Gasteiger partial charge is 0.413 e. The highest BCUT2D eigenvalue weighted by molar-refractivity contribution is 9.10. The summed E-state index contributed by atoms with van der Waals surface area (Å²) in [6.45, 7) is 12.2. The lowest BCUT2D eigenvalue weighted by Crippen LogP contribution is -2.41. The topological polar surface area (TPSA) is 9.23 Å². The maximum Gasteiger partial charge on any atom is 0.192 e. The van der Waals surface area contributed by atoms with Crippen LogP contribution in [-0.4, -0.2) is 14.9 Å². The smallest absolute Gasteiger partial charge is 0.192 e. The molecule has 0 heterocycles. The normalized spacial score (nSPS) is 13.1. The standard InChI is InChI=1S/C23H31BrOSi/c1-23(2,3)26(4,5)25-18-21(20-14-10-16-22(24)17-20)15-9-13-19-11-7-6-8-12-19/h6-8,10-12,14-17H,9,13,18H2,1-5H3. The molecule has 0 saturated heterocycles. The SMILES string of the molecule is CC(C)(C)[Si](C)(C)OCC(=CCCc1ccccc1)c1cccc(Br)c1. The van der Waals surface area contributed by atoms with Crippen molar-refractivity contribution in [1.29, 1.82) is 0 Å². The number of hydrogen-bond acceptors (Lipinski definition) is 1. The minimum absolute atomic E-state index is 0.222. The maximum absolute atomic E-state index is 6.51. The second-order valence-corrected chi connectivity index (χ2v) is 14.0. The van der Waals surface area contributed by atoms with E-state index in [-0.39, 0.29) is 5.04 Å². The Bertz CT molecular complexity index is 729. The zero-order valence-corrected chi connectivity index (χ0v) is 19.3. The highest BCUT2D eigenvalue weighted by atomic mass is 79.9. The van der Waals surface area contributed by atoms with Gasteiger partial charge >= 0.3 is 0 Å². The van der Waals surface area contributed by atoms with Crippen LogP contribution in [-0.2, 0) is 10.8 Å². The molecule has 0 radical (unpaired) electrons. The van der Waals surface area contributed by atoms with Crippen LogP contribution in [0.5, 0.6) is 0 Å². The van der Waals surface area contributed by atoms with E-state index >= 15 is 0 Å². The lowest BCUT2D eigenvalue weighted by molar-refractivity contribution is 0.334. The number of aryl methyl sites for hydroxylation is 1. The van der Waals surface area contributed by atoms with Gasteiger partial charge in [0.25, 0.3) is 0 Å². The molecule has 0 unspecified atom stereocenters. The van der Waals surface area contributed by atoms with Crippen molar-refractivity contribution in [2.24, 2.45) is 0 Å². The van der Waals surface area contributed by atoms with Crippen LogP contribution in [0.1, 0.15) is 38.3 Å². The van der Waals surface area contributed by atoms with Crippen LogP contribution in [0, 0.1) is 0 Å². The Hall–Kier alpha value is -1.16. The second-order valence-electron chi connectivity index (χ2n) is 8.31. The van der Waals surface area contributed by atoms with Crippen molar-refractivity contribution in [3.05, 3.63) is 76.3 Å². The van der Waals surface area contributed by atoms with Gasteiger partial charge in [0.15, 0.2) is 8.32 Å². The number of benzene rings is 2. The van der Waals surface area contributed by atoms with E-state index < -0.39 is 8.32 Å². The van der Waals surface area contributed by atoms with Gasteiger partial charge < -0.3 is 4.43 Å². The van der Waals surface area contributed by atoms with E-state index in [0.29, 0.717) is 6.61 Å². The second kappa shape index (κ2) is 9.16. The quantitative estimate of drug-likeness (QED) is 0.413. The summed E-state index contributed by atoms with van der Waals surface area (Å²) >= 11 is 3.60. The molecular weight excluding hydrogens is 400 g/mol. The summed E-state index contributed by atoms with van der Waals surface area (Å²) in [7, 11) is -1.77. The fourth-order valence-corrected chi connectivity index (χ4v) is 3.83. The molecule has 26 heavy (non-hydrogen) atoms. The monoisotopic (exact) mass is 430 g/mol. The summed E-state index contributed by atoms with van der Waals surface area (Å²) < 4.78 is 7.62. The van der Waals surface area contributed by atoms with Gasteiger partial charge in [0, 0.05) is 4.47 Å². The van der Waals surface area contributed by atoms with E-state index in [2.05, 4.69) is 110 Å². The number of hydrogen-bond donors (Lipinski definition) is 0. The molecule has 2 aromatic rings. The predicted molar refractivity (Wildman–Crippen MR) is 120 cm³/mol. The summed E-state index contributed by atoms with van der Waals surface area (Å²) in [5.74, 6) is 0. The van der Waals surface area contributed by atoms with Gasteiger partial charge in [-0.25, -0.2) is 0 Å². The van der Waals surface area contributed by atoms with Gasteiger partial charge in [0.2, 0.25) is 0 Å². The Morgan fingerprint density at radius 1 is 1.04 bits per heavy atom. The number of rotatable bonds is 7. The molecule has 0 fully saturated rings. The molecule has 2 aromatic carbocycles. The number of halogens is 1. The molecular formula is C23H31BrOSi. The van der Waals surface area contributed by atoms with Crippen molar-refractivity contribution in [2.75, 3.05) is 6.61 Å². The van der Waals surface area contributed by atoms with Crippen LogP contribution in [0.4, 0.5) is 0 Å². The van der Waals surface area contributed by atoms with Crippen LogP contribution in [0.25, 0.3) is 5.57 Å². The molecule has 0 bridgehead atoms. The van der Waals surface area contributed by atoms with E-state index in [9.17, 15) is 0 Å². The van der Waals surface area contributed by atoms with Crippen LogP contribution < -0.4 is 0 Å². The van der Waals surface area contributed by atoms with Crippen LogP contribution in [0.15, 0.2) is 65.1 Å². The molecule has 0 atom stereocenters. The molecule has 0 aliphatic heterocycles. The lowest BCUT2D eigenvalue weighted by atomic mass is 10.0. The van der Waals surface area contributed by atoms with Crippen molar-refractivity contribution in [2.45, 2.75) is 51.7 Å². The van der Waals surface area contributed by atoms with Crippen LogP contribution in [0.3, 0.4) is 0 Å². The van der Waals surface area contributed by atoms with E-state index in [1.165, 1.54) is 16.7 Å². The Morgan fingerprint density at radius 2 is 1.73 bits per heavy atom. The van der Waals surface area contributed by atoms with Gasteiger partial charge in [-0.1, -0.05) is 85.2 Å². The average Bonchev–Trinajstić information content (AvgIpc) is 2.58.